The normalized spacial score (nSPS) is 10.3. The largest absolute Gasteiger partial charge is 0.454 e. The van der Waals surface area contributed by atoms with Crippen LogP contribution in [0.15, 0.2) is 65.4 Å². The predicted molar refractivity (Wildman–Crippen MR) is 108 cm³/mol. The van der Waals surface area contributed by atoms with E-state index in [9.17, 15) is 9.59 Å². The Hall–Kier alpha value is -2.83. The van der Waals surface area contributed by atoms with Gasteiger partial charge in [-0.2, -0.15) is 11.3 Å². The van der Waals surface area contributed by atoms with Crippen molar-refractivity contribution in [2.75, 3.05) is 11.9 Å². The van der Waals surface area contributed by atoms with Gasteiger partial charge in [0.05, 0.1) is 10.7 Å². The highest BCUT2D eigenvalue weighted by molar-refractivity contribution is 7.08. The number of halogens is 1. The molecule has 0 aliphatic rings. The van der Waals surface area contributed by atoms with Gasteiger partial charge in [0.1, 0.15) is 5.75 Å². The fourth-order valence-electron chi connectivity index (χ4n) is 2.30. The number of carbonyl (C=O) groups excluding carboxylic acids is 2. The summed E-state index contributed by atoms with van der Waals surface area (Å²) in [4.78, 5) is 24.1. The van der Waals surface area contributed by atoms with Crippen LogP contribution in [-0.4, -0.2) is 18.4 Å². The Balaban J connectivity index is 1.56. The molecule has 1 aromatic heterocycles. The molecular formula is C20H17ClN2O3S. The second-order valence-corrected chi connectivity index (χ2v) is 6.78. The average molecular weight is 401 g/mol. The summed E-state index contributed by atoms with van der Waals surface area (Å²) < 4.78 is 5.82. The number of benzene rings is 2. The first-order valence-electron chi connectivity index (χ1n) is 8.25. The van der Waals surface area contributed by atoms with Gasteiger partial charge < -0.3 is 15.4 Å². The number of para-hydroxylation sites is 3. The highest BCUT2D eigenvalue weighted by Crippen LogP contribution is 2.33. The molecule has 2 amide bonds. The molecule has 3 aromatic rings. The molecule has 5 nitrogen and oxygen atoms in total. The lowest BCUT2D eigenvalue weighted by Gasteiger charge is -2.13. The summed E-state index contributed by atoms with van der Waals surface area (Å²) in [6.45, 7) is 0.244. The number of ether oxygens (including phenoxy) is 1. The third-order valence-electron chi connectivity index (χ3n) is 3.64. The summed E-state index contributed by atoms with van der Waals surface area (Å²) in [6, 6.07) is 15.9. The number of anilines is 1. The number of thiophene rings is 1. The lowest BCUT2D eigenvalue weighted by atomic mass is 10.2. The van der Waals surface area contributed by atoms with Crippen molar-refractivity contribution in [3.8, 4) is 11.5 Å². The fraction of sp³-hybridized carbons (Fsp3) is 0.100. The summed E-state index contributed by atoms with van der Waals surface area (Å²) in [5, 5.41) is 9.60. The molecule has 27 heavy (non-hydrogen) atoms. The van der Waals surface area contributed by atoms with E-state index >= 15 is 0 Å². The van der Waals surface area contributed by atoms with Gasteiger partial charge in [-0.05, 0) is 35.7 Å². The highest BCUT2D eigenvalue weighted by atomic mass is 35.5. The van der Waals surface area contributed by atoms with E-state index in [-0.39, 0.29) is 24.8 Å². The molecule has 0 bridgehead atoms. The Kier molecular flexibility index (Phi) is 6.46. The van der Waals surface area contributed by atoms with Crippen LogP contribution in [0.5, 0.6) is 11.5 Å². The van der Waals surface area contributed by atoms with Gasteiger partial charge in [0.15, 0.2) is 5.75 Å². The summed E-state index contributed by atoms with van der Waals surface area (Å²) in [7, 11) is 0. The van der Waals surface area contributed by atoms with Crippen molar-refractivity contribution in [2.45, 2.75) is 6.42 Å². The third kappa shape index (κ3) is 5.32. The van der Waals surface area contributed by atoms with E-state index in [1.54, 1.807) is 41.8 Å². The number of amides is 2. The fourth-order valence-corrected chi connectivity index (χ4v) is 3.11. The van der Waals surface area contributed by atoms with Gasteiger partial charge in [-0.1, -0.05) is 35.9 Å². The van der Waals surface area contributed by atoms with E-state index in [4.69, 9.17) is 16.3 Å². The zero-order valence-corrected chi connectivity index (χ0v) is 15.8. The summed E-state index contributed by atoms with van der Waals surface area (Å²) in [5.74, 6) is 0.576. The molecular weight excluding hydrogens is 384 g/mol. The monoisotopic (exact) mass is 400 g/mol. The van der Waals surface area contributed by atoms with Crippen molar-refractivity contribution in [2.24, 2.45) is 0 Å². The SMILES string of the molecule is O=C(CCNC(=O)c1ccsc1)Nc1ccccc1Oc1ccccc1Cl. The summed E-state index contributed by atoms with van der Waals surface area (Å²) >= 11 is 7.57. The van der Waals surface area contributed by atoms with Crippen LogP contribution in [0.2, 0.25) is 5.02 Å². The second kappa shape index (κ2) is 9.21. The van der Waals surface area contributed by atoms with E-state index in [0.717, 1.165) is 0 Å². The number of hydrogen-bond donors (Lipinski definition) is 2. The molecule has 0 radical (unpaired) electrons. The topological polar surface area (TPSA) is 67.4 Å². The van der Waals surface area contributed by atoms with E-state index < -0.39 is 0 Å². The number of rotatable bonds is 7. The van der Waals surface area contributed by atoms with Gasteiger partial charge in [-0.15, -0.1) is 0 Å². The first-order valence-corrected chi connectivity index (χ1v) is 9.57. The van der Waals surface area contributed by atoms with Crippen LogP contribution in [-0.2, 0) is 4.79 Å². The van der Waals surface area contributed by atoms with Crippen LogP contribution in [0.25, 0.3) is 0 Å². The first kappa shape index (κ1) is 18.9. The number of hydrogen-bond acceptors (Lipinski definition) is 4. The Morgan fingerprint density at radius 2 is 1.74 bits per heavy atom. The van der Waals surface area contributed by atoms with Crippen molar-refractivity contribution >= 4 is 40.4 Å². The van der Waals surface area contributed by atoms with E-state index in [0.29, 0.717) is 27.8 Å². The van der Waals surface area contributed by atoms with Gasteiger partial charge in [0, 0.05) is 23.9 Å². The van der Waals surface area contributed by atoms with Crippen molar-refractivity contribution in [3.63, 3.8) is 0 Å². The van der Waals surface area contributed by atoms with Crippen molar-refractivity contribution in [3.05, 3.63) is 75.9 Å². The van der Waals surface area contributed by atoms with Crippen LogP contribution in [0.1, 0.15) is 16.8 Å². The summed E-state index contributed by atoms with van der Waals surface area (Å²) in [6.07, 6.45) is 0.149. The van der Waals surface area contributed by atoms with Gasteiger partial charge in [0.2, 0.25) is 5.91 Å². The van der Waals surface area contributed by atoms with Gasteiger partial charge in [0.25, 0.3) is 5.91 Å². The summed E-state index contributed by atoms with van der Waals surface area (Å²) in [5.41, 5.74) is 1.13. The molecule has 0 aliphatic carbocycles. The predicted octanol–water partition coefficient (Wildman–Crippen LogP) is 4.95. The van der Waals surface area contributed by atoms with E-state index in [1.807, 2.05) is 23.6 Å². The standard InChI is InChI=1S/C20H17ClN2O3S/c21-15-5-1-3-7-17(15)26-18-8-4-2-6-16(18)23-19(24)9-11-22-20(25)14-10-12-27-13-14/h1-8,10,12-13H,9,11H2,(H,22,25)(H,23,24). The molecule has 2 N–H and O–H groups in total. The molecule has 0 saturated heterocycles. The molecule has 7 heteroatoms. The number of carbonyl (C=O) groups is 2. The van der Waals surface area contributed by atoms with Crippen LogP contribution >= 0.6 is 22.9 Å². The maximum absolute atomic E-state index is 12.2. The van der Waals surface area contributed by atoms with Crippen molar-refractivity contribution < 1.29 is 14.3 Å². The first-order chi connectivity index (χ1) is 13.1. The lowest BCUT2D eigenvalue weighted by Crippen LogP contribution is -2.27. The molecule has 0 spiro atoms. The van der Waals surface area contributed by atoms with Crippen LogP contribution in [0, 0.1) is 0 Å². The van der Waals surface area contributed by atoms with Crippen molar-refractivity contribution in [1.82, 2.24) is 5.32 Å². The highest BCUT2D eigenvalue weighted by Gasteiger charge is 2.11. The maximum atomic E-state index is 12.2. The molecule has 0 atom stereocenters. The minimum absolute atomic E-state index is 0.149. The Morgan fingerprint density at radius 3 is 2.48 bits per heavy atom. The molecule has 1 heterocycles. The Bertz CT molecular complexity index is 928. The Morgan fingerprint density at radius 1 is 1.00 bits per heavy atom. The van der Waals surface area contributed by atoms with E-state index in [2.05, 4.69) is 10.6 Å². The smallest absolute Gasteiger partial charge is 0.252 e. The maximum Gasteiger partial charge on any atom is 0.252 e. The molecule has 0 unspecified atom stereocenters. The molecule has 0 fully saturated rings. The quantitative estimate of drug-likeness (QED) is 0.589. The van der Waals surface area contributed by atoms with Gasteiger partial charge in [-0.3, -0.25) is 9.59 Å². The molecule has 0 aliphatic heterocycles. The third-order valence-corrected chi connectivity index (χ3v) is 4.63. The van der Waals surface area contributed by atoms with Crippen LogP contribution in [0.4, 0.5) is 5.69 Å². The molecule has 3 rings (SSSR count). The lowest BCUT2D eigenvalue weighted by molar-refractivity contribution is -0.116. The second-order valence-electron chi connectivity index (χ2n) is 5.59. The molecule has 138 valence electrons. The molecule has 0 saturated carbocycles. The van der Waals surface area contributed by atoms with E-state index in [1.165, 1.54) is 11.3 Å². The average Bonchev–Trinajstić information content (AvgIpc) is 3.20. The van der Waals surface area contributed by atoms with Gasteiger partial charge >= 0.3 is 0 Å². The number of nitrogens with one attached hydrogen (secondary N) is 2. The molecule has 2 aromatic carbocycles. The van der Waals surface area contributed by atoms with Gasteiger partial charge in [-0.25, -0.2) is 0 Å². The minimum atomic E-state index is -0.226. The zero-order chi connectivity index (χ0) is 19.1. The Labute approximate surface area is 165 Å². The van der Waals surface area contributed by atoms with Crippen molar-refractivity contribution in [1.29, 1.82) is 0 Å². The van der Waals surface area contributed by atoms with Crippen LogP contribution < -0.4 is 15.4 Å². The van der Waals surface area contributed by atoms with Crippen LogP contribution in [0.3, 0.4) is 0 Å². The zero-order valence-electron chi connectivity index (χ0n) is 14.3. The minimum Gasteiger partial charge on any atom is -0.454 e.